The highest BCUT2D eigenvalue weighted by Gasteiger charge is 2.23. The second-order valence-electron chi connectivity index (χ2n) is 12.6. The van der Waals surface area contributed by atoms with Crippen molar-refractivity contribution in [3.05, 3.63) is 129 Å². The smallest absolute Gasteiger partial charge is 0.147 e. The lowest BCUT2D eigenvalue weighted by molar-refractivity contribution is 0.581. The Labute approximate surface area is 276 Å². The number of fused-ring (bicyclic) bond motifs is 8. The summed E-state index contributed by atoms with van der Waals surface area (Å²) in [6.07, 6.45) is 13.3. The standard InChI is InChI=1S/C42H34N4O2/c1-5-12-32-39(43)37(25(4)45(32)26-14-8-7-9-15-26)41-28(6-2)29-19-20-31-38(42(29)48-41)40-33(16-11-22-44-40)46(31)27-18-21-34-30(23-27)36-24(3)13-10-17-35(36)47-34/h5-12,14-24H,4,13,43H2,1-3H3/b12-5-,28-6-,41-37-. The van der Waals surface area contributed by atoms with Crippen LogP contribution >= 0.6 is 0 Å². The number of aromatic nitrogens is 3. The van der Waals surface area contributed by atoms with Crippen LogP contribution in [0.4, 0.5) is 5.69 Å². The summed E-state index contributed by atoms with van der Waals surface area (Å²) < 4.78 is 17.6. The lowest BCUT2D eigenvalue weighted by atomic mass is 9.91. The number of pyridine rings is 1. The van der Waals surface area contributed by atoms with Gasteiger partial charge in [0.2, 0.25) is 0 Å². The number of hydrogen-bond acceptors (Lipinski definition) is 4. The van der Waals surface area contributed by atoms with Gasteiger partial charge >= 0.3 is 0 Å². The molecule has 48 heavy (non-hydrogen) atoms. The van der Waals surface area contributed by atoms with Crippen molar-refractivity contribution in [1.82, 2.24) is 14.1 Å². The summed E-state index contributed by atoms with van der Waals surface area (Å²) in [6.45, 7) is 10.8. The molecule has 6 heteroatoms. The van der Waals surface area contributed by atoms with Crippen LogP contribution in [0.25, 0.3) is 80.1 Å². The highest BCUT2D eigenvalue weighted by Crippen LogP contribution is 2.40. The van der Waals surface area contributed by atoms with Gasteiger partial charge in [0.25, 0.3) is 0 Å². The first kappa shape index (κ1) is 28.2. The van der Waals surface area contributed by atoms with Gasteiger partial charge in [-0.15, -0.1) is 0 Å². The number of furan rings is 2. The monoisotopic (exact) mass is 626 g/mol. The minimum absolute atomic E-state index is 0.390. The number of rotatable bonds is 3. The highest BCUT2D eigenvalue weighted by molar-refractivity contribution is 6.18. The van der Waals surface area contributed by atoms with Gasteiger partial charge in [0.05, 0.1) is 38.4 Å². The van der Waals surface area contributed by atoms with E-state index in [1.807, 2.05) is 56.5 Å². The number of nitrogens with zero attached hydrogens (tertiary/aromatic N) is 3. The van der Waals surface area contributed by atoms with Crippen molar-refractivity contribution in [2.45, 2.75) is 33.1 Å². The van der Waals surface area contributed by atoms with E-state index in [2.05, 4.69) is 89.4 Å². The van der Waals surface area contributed by atoms with Crippen molar-refractivity contribution < 1.29 is 8.83 Å². The molecule has 0 bridgehead atoms. The minimum Gasteiger partial charge on any atom is -0.456 e. The Kier molecular flexibility index (Phi) is 6.18. The Morgan fingerprint density at radius 1 is 0.917 bits per heavy atom. The van der Waals surface area contributed by atoms with E-state index in [1.54, 1.807) is 0 Å². The second kappa shape index (κ2) is 10.5. The van der Waals surface area contributed by atoms with Crippen LogP contribution in [0.3, 0.4) is 0 Å². The van der Waals surface area contributed by atoms with Crippen LogP contribution < -0.4 is 16.3 Å². The number of para-hydroxylation sites is 1. The zero-order valence-corrected chi connectivity index (χ0v) is 27.1. The minimum atomic E-state index is 0.390. The highest BCUT2D eigenvalue weighted by atomic mass is 16.3. The lowest BCUT2D eigenvalue weighted by Gasteiger charge is -2.13. The molecule has 2 N–H and O–H groups in total. The molecule has 0 saturated heterocycles. The van der Waals surface area contributed by atoms with E-state index in [0.717, 1.165) is 88.9 Å². The van der Waals surface area contributed by atoms with Crippen molar-refractivity contribution in [1.29, 1.82) is 0 Å². The van der Waals surface area contributed by atoms with Gasteiger partial charge in [-0.25, -0.2) is 0 Å². The van der Waals surface area contributed by atoms with Gasteiger partial charge in [-0.05, 0) is 92.9 Å². The van der Waals surface area contributed by atoms with Gasteiger partial charge in [-0.3, -0.25) is 4.98 Å². The fourth-order valence-corrected chi connectivity index (χ4v) is 7.74. The second-order valence-corrected chi connectivity index (χ2v) is 12.6. The molecule has 0 radical (unpaired) electrons. The van der Waals surface area contributed by atoms with Crippen LogP contribution in [0.5, 0.6) is 0 Å². The normalized spacial score (nSPS) is 16.0. The zero-order valence-electron chi connectivity index (χ0n) is 27.1. The Balaban J connectivity index is 1.40. The van der Waals surface area contributed by atoms with Gasteiger partial charge in [0.1, 0.15) is 27.9 Å². The van der Waals surface area contributed by atoms with Crippen molar-refractivity contribution >= 4 is 74.4 Å². The van der Waals surface area contributed by atoms with E-state index in [9.17, 15) is 0 Å². The third-order valence-electron chi connectivity index (χ3n) is 9.83. The topological polar surface area (TPSA) is 75.1 Å². The number of benzene rings is 3. The van der Waals surface area contributed by atoms with Gasteiger partial charge in [0, 0.05) is 39.1 Å². The van der Waals surface area contributed by atoms with Crippen molar-refractivity contribution in [2.24, 2.45) is 0 Å². The molecule has 5 aromatic heterocycles. The third-order valence-corrected chi connectivity index (χ3v) is 9.83. The molecule has 1 aliphatic rings. The molecule has 0 aliphatic heterocycles. The van der Waals surface area contributed by atoms with Gasteiger partial charge in [-0.2, -0.15) is 0 Å². The number of hydrogen-bond donors (Lipinski definition) is 1. The van der Waals surface area contributed by atoms with Crippen molar-refractivity contribution in [2.75, 3.05) is 5.73 Å². The fourth-order valence-electron chi connectivity index (χ4n) is 7.74. The van der Waals surface area contributed by atoms with Crippen molar-refractivity contribution in [3.8, 4) is 11.4 Å². The summed E-state index contributed by atoms with van der Waals surface area (Å²) in [6, 6.07) is 25.1. The van der Waals surface area contributed by atoms with Crippen molar-refractivity contribution in [3.63, 3.8) is 0 Å². The number of nitrogens with two attached hydrogens (primary N) is 1. The molecule has 8 aromatic rings. The summed E-state index contributed by atoms with van der Waals surface area (Å²) in [5.74, 6) is 1.35. The maximum Gasteiger partial charge on any atom is 0.147 e. The fraction of sp³-hybridized carbons (Fsp3) is 0.119. The summed E-state index contributed by atoms with van der Waals surface area (Å²) in [7, 11) is 0. The Hall–Kier alpha value is -6.01. The quantitative estimate of drug-likeness (QED) is 0.212. The Bertz CT molecular complexity index is 2880. The van der Waals surface area contributed by atoms with E-state index in [-0.39, 0.29) is 0 Å². The largest absolute Gasteiger partial charge is 0.456 e. The van der Waals surface area contributed by atoms with E-state index in [1.165, 1.54) is 5.56 Å². The van der Waals surface area contributed by atoms with Crippen LogP contribution in [-0.4, -0.2) is 14.1 Å². The molecule has 0 spiro atoms. The first-order valence-electron chi connectivity index (χ1n) is 16.4. The average molecular weight is 627 g/mol. The van der Waals surface area contributed by atoms with E-state index < -0.39 is 0 Å². The molecule has 1 aliphatic carbocycles. The molecule has 5 heterocycles. The van der Waals surface area contributed by atoms with Gasteiger partial charge in [-0.1, -0.05) is 49.9 Å². The lowest BCUT2D eigenvalue weighted by Crippen LogP contribution is -2.15. The molecule has 0 saturated carbocycles. The van der Waals surface area contributed by atoms with Gasteiger partial charge in [0.15, 0.2) is 0 Å². The maximum atomic E-state index is 6.97. The third kappa shape index (κ3) is 3.83. The average Bonchev–Trinajstić information content (AvgIpc) is 3.82. The van der Waals surface area contributed by atoms with Gasteiger partial charge < -0.3 is 23.7 Å². The first-order valence-corrected chi connectivity index (χ1v) is 16.4. The first-order chi connectivity index (χ1) is 23.5. The molecule has 9 rings (SSSR count). The number of allylic oxidation sites excluding steroid dienone is 2. The predicted octanol–water partition coefficient (Wildman–Crippen LogP) is 9.10. The molecule has 6 nitrogen and oxygen atoms in total. The summed E-state index contributed by atoms with van der Waals surface area (Å²) in [4.78, 5) is 4.93. The molecule has 3 aromatic carbocycles. The molecule has 234 valence electrons. The number of anilines is 1. The van der Waals surface area contributed by atoms with Crippen LogP contribution in [0.2, 0.25) is 0 Å². The number of nitrogen functional groups attached to an aromatic ring is 1. The van der Waals surface area contributed by atoms with E-state index in [4.69, 9.17) is 19.6 Å². The Morgan fingerprint density at radius 2 is 1.77 bits per heavy atom. The molecule has 0 amide bonds. The maximum absolute atomic E-state index is 6.97. The summed E-state index contributed by atoms with van der Waals surface area (Å²) >= 11 is 0. The van der Waals surface area contributed by atoms with Crippen LogP contribution in [0, 0.1) is 10.6 Å². The Morgan fingerprint density at radius 3 is 2.58 bits per heavy atom. The van der Waals surface area contributed by atoms with Crippen LogP contribution in [-0.2, 0) is 0 Å². The van der Waals surface area contributed by atoms with Crippen LogP contribution in [0.1, 0.15) is 50.1 Å². The summed E-state index contributed by atoms with van der Waals surface area (Å²) in [5.41, 5.74) is 17.1. The summed E-state index contributed by atoms with van der Waals surface area (Å²) in [5, 5.41) is 5.66. The molecular weight excluding hydrogens is 592 g/mol. The SMILES string of the molecule is C=c1/c(=c2/oc3c(ccc4c3c3ncccc3n4-c3ccc4oc5c(c4c3)C(C)CC=C5)/c2=C/C)c(N)c(/C=C\C)n1-c1ccccc1. The van der Waals surface area contributed by atoms with E-state index >= 15 is 0 Å². The zero-order chi connectivity index (χ0) is 32.7. The van der Waals surface area contributed by atoms with E-state index in [0.29, 0.717) is 17.0 Å². The molecule has 1 unspecified atom stereocenters. The predicted molar refractivity (Wildman–Crippen MR) is 198 cm³/mol. The molecule has 0 fully saturated rings. The van der Waals surface area contributed by atoms with Crippen LogP contribution in [0.15, 0.2) is 100.0 Å². The molecular formula is C42H34N4O2. The molecule has 1 atom stereocenters.